The van der Waals surface area contributed by atoms with E-state index >= 15 is 0 Å². The van der Waals surface area contributed by atoms with Crippen LogP contribution in [0.3, 0.4) is 0 Å². The van der Waals surface area contributed by atoms with Crippen molar-refractivity contribution in [1.82, 2.24) is 19.9 Å². The number of likely N-dealkylation sites (N-methyl/N-ethyl adjacent to an activating group) is 1. The van der Waals surface area contributed by atoms with Gasteiger partial charge in [-0.15, -0.1) is 0 Å². The second-order valence-electron chi connectivity index (χ2n) is 9.45. The van der Waals surface area contributed by atoms with Gasteiger partial charge in [-0.05, 0) is 34.4 Å². The molecule has 0 spiro atoms. The van der Waals surface area contributed by atoms with E-state index in [2.05, 4.69) is 108 Å². The van der Waals surface area contributed by atoms with Gasteiger partial charge < -0.3 is 4.90 Å². The fraction of sp³-hybridized carbons (Fsp3) is 0.156. The van der Waals surface area contributed by atoms with Crippen molar-refractivity contribution in [2.24, 2.45) is 0 Å². The molecule has 0 unspecified atom stereocenters. The zero-order chi connectivity index (χ0) is 25.0. The molecule has 182 valence electrons. The molecule has 0 aliphatic heterocycles. The van der Waals surface area contributed by atoms with Crippen molar-refractivity contribution in [3.05, 3.63) is 121 Å². The van der Waals surface area contributed by atoms with Crippen LogP contribution in [-0.2, 0) is 13.1 Å². The largest absolute Gasteiger partial charge is 0.358 e. The smallest absolute Gasteiger partial charge is 0.136 e. The number of anilines is 1. The molecule has 3 aromatic heterocycles. The first kappa shape index (κ1) is 23.1. The molecule has 0 aliphatic rings. The molecule has 0 saturated heterocycles. The van der Waals surface area contributed by atoms with Gasteiger partial charge in [0, 0.05) is 68.0 Å². The third kappa shape index (κ3) is 4.86. The van der Waals surface area contributed by atoms with Crippen molar-refractivity contribution in [2.75, 3.05) is 25.0 Å². The van der Waals surface area contributed by atoms with E-state index in [1.807, 2.05) is 18.6 Å². The summed E-state index contributed by atoms with van der Waals surface area (Å²) in [6.45, 7) is 3.15. The maximum Gasteiger partial charge on any atom is 0.136 e. The highest BCUT2D eigenvalue weighted by Crippen LogP contribution is 2.24. The van der Waals surface area contributed by atoms with E-state index in [1.54, 1.807) is 0 Å². The Bertz CT molecular complexity index is 1580. The van der Waals surface area contributed by atoms with Gasteiger partial charge in [-0.25, -0.2) is 4.98 Å². The topological polar surface area (TPSA) is 45.2 Å². The van der Waals surface area contributed by atoms with Crippen LogP contribution in [0, 0.1) is 0 Å². The van der Waals surface area contributed by atoms with E-state index in [9.17, 15) is 0 Å². The Morgan fingerprint density at radius 2 is 0.973 bits per heavy atom. The van der Waals surface area contributed by atoms with Crippen molar-refractivity contribution in [3.63, 3.8) is 0 Å². The number of hydrogen-bond donors (Lipinski definition) is 0. The number of benzene rings is 3. The third-order valence-electron chi connectivity index (χ3n) is 7.02. The Hall–Kier alpha value is -4.35. The van der Waals surface area contributed by atoms with Crippen LogP contribution in [0.1, 0.15) is 11.4 Å². The zero-order valence-electron chi connectivity index (χ0n) is 21.0. The molecule has 0 saturated carbocycles. The Kier molecular flexibility index (Phi) is 6.44. The minimum Gasteiger partial charge on any atom is -0.358 e. The second-order valence-corrected chi connectivity index (χ2v) is 9.45. The molecule has 5 nitrogen and oxygen atoms in total. The van der Waals surface area contributed by atoms with Crippen molar-refractivity contribution < 1.29 is 0 Å². The van der Waals surface area contributed by atoms with Gasteiger partial charge in [0.05, 0.1) is 11.4 Å². The minimum atomic E-state index is 0.739. The van der Waals surface area contributed by atoms with Crippen LogP contribution in [0.15, 0.2) is 110 Å². The number of rotatable bonds is 8. The van der Waals surface area contributed by atoms with Crippen LogP contribution in [0.5, 0.6) is 0 Å². The molecule has 0 bridgehead atoms. The molecule has 0 N–H and O–H groups in total. The minimum absolute atomic E-state index is 0.739. The number of aromatic nitrogens is 3. The first-order valence-electron chi connectivity index (χ1n) is 12.7. The molecule has 37 heavy (non-hydrogen) atoms. The van der Waals surface area contributed by atoms with E-state index in [0.717, 1.165) is 43.4 Å². The average molecular weight is 484 g/mol. The lowest BCUT2D eigenvalue weighted by atomic mass is 10.1. The lowest BCUT2D eigenvalue weighted by Crippen LogP contribution is -2.33. The van der Waals surface area contributed by atoms with Crippen molar-refractivity contribution >= 4 is 38.1 Å². The van der Waals surface area contributed by atoms with Crippen molar-refractivity contribution in [1.29, 1.82) is 0 Å². The quantitative estimate of drug-likeness (QED) is 0.248. The summed E-state index contributed by atoms with van der Waals surface area (Å²) in [5.74, 6) is 1.00. The summed E-state index contributed by atoms with van der Waals surface area (Å²) in [5, 5.41) is 7.21. The monoisotopic (exact) mass is 483 g/mol. The predicted molar refractivity (Wildman–Crippen MR) is 153 cm³/mol. The standard InChI is InChI=1S/C32H29N5/c1-36(32-29-13-7-4-10-26(29)16-19-35-32)20-21-37(22-30-27-11-5-2-8-24(27)14-17-33-30)23-31-28-12-6-3-9-25(28)15-18-34-31/h2-19H,20-23H2,1H3. The Labute approximate surface area is 217 Å². The molecule has 3 heterocycles. The van der Waals surface area contributed by atoms with E-state index in [4.69, 9.17) is 15.0 Å². The molecule has 0 aliphatic carbocycles. The molecule has 0 fully saturated rings. The van der Waals surface area contributed by atoms with Gasteiger partial charge in [-0.1, -0.05) is 72.8 Å². The van der Waals surface area contributed by atoms with E-state index in [1.165, 1.54) is 32.3 Å². The summed E-state index contributed by atoms with van der Waals surface area (Å²) in [5.41, 5.74) is 2.17. The average Bonchev–Trinajstić information content (AvgIpc) is 2.96. The predicted octanol–water partition coefficient (Wildman–Crippen LogP) is 6.47. The number of pyridine rings is 3. The van der Waals surface area contributed by atoms with E-state index in [0.29, 0.717) is 0 Å². The number of nitrogens with zero attached hydrogens (tertiary/aromatic N) is 5. The van der Waals surface area contributed by atoms with Crippen LogP contribution in [-0.4, -0.2) is 40.0 Å². The van der Waals surface area contributed by atoms with Gasteiger partial charge >= 0.3 is 0 Å². The molecule has 0 atom stereocenters. The lowest BCUT2D eigenvalue weighted by molar-refractivity contribution is 0.259. The fourth-order valence-electron chi connectivity index (χ4n) is 5.06. The summed E-state index contributed by atoms with van der Waals surface area (Å²) >= 11 is 0. The Morgan fingerprint density at radius 3 is 1.54 bits per heavy atom. The molecule has 0 radical (unpaired) electrons. The molecule has 6 aromatic rings. The summed E-state index contributed by atoms with van der Waals surface area (Å²) in [7, 11) is 2.12. The van der Waals surface area contributed by atoms with Gasteiger partial charge in [-0.2, -0.15) is 0 Å². The van der Waals surface area contributed by atoms with Crippen LogP contribution < -0.4 is 4.90 Å². The Balaban J connectivity index is 1.31. The number of hydrogen-bond acceptors (Lipinski definition) is 5. The fourth-order valence-corrected chi connectivity index (χ4v) is 5.06. The maximum absolute atomic E-state index is 4.79. The molecular weight excluding hydrogens is 454 g/mol. The normalized spacial score (nSPS) is 11.5. The van der Waals surface area contributed by atoms with Crippen LogP contribution >= 0.6 is 0 Å². The highest BCUT2D eigenvalue weighted by atomic mass is 15.2. The zero-order valence-corrected chi connectivity index (χ0v) is 21.0. The summed E-state index contributed by atoms with van der Waals surface area (Å²) in [6, 6.07) is 31.6. The highest BCUT2D eigenvalue weighted by Gasteiger charge is 2.15. The van der Waals surface area contributed by atoms with Crippen molar-refractivity contribution in [3.8, 4) is 0 Å². The molecule has 6 rings (SSSR count). The van der Waals surface area contributed by atoms with Gasteiger partial charge in [0.15, 0.2) is 0 Å². The first-order valence-corrected chi connectivity index (χ1v) is 12.7. The third-order valence-corrected chi connectivity index (χ3v) is 7.02. The molecule has 5 heteroatoms. The maximum atomic E-state index is 4.79. The Morgan fingerprint density at radius 1 is 0.514 bits per heavy atom. The van der Waals surface area contributed by atoms with Gasteiger partial charge in [-0.3, -0.25) is 14.9 Å². The summed E-state index contributed by atoms with van der Waals surface area (Å²) in [6.07, 6.45) is 5.72. The molecule has 3 aromatic carbocycles. The van der Waals surface area contributed by atoms with Crippen molar-refractivity contribution in [2.45, 2.75) is 13.1 Å². The molecule has 0 amide bonds. The van der Waals surface area contributed by atoms with Gasteiger partial charge in [0.1, 0.15) is 5.82 Å². The second kappa shape index (κ2) is 10.3. The SMILES string of the molecule is CN(CCN(Cc1nccc2ccccc12)Cc1nccc2ccccc12)c1nccc2ccccc12. The summed E-state index contributed by atoms with van der Waals surface area (Å²) < 4.78 is 0. The van der Waals surface area contributed by atoms with E-state index in [-0.39, 0.29) is 0 Å². The number of fused-ring (bicyclic) bond motifs is 3. The van der Waals surface area contributed by atoms with Gasteiger partial charge in [0.2, 0.25) is 0 Å². The van der Waals surface area contributed by atoms with Gasteiger partial charge in [0.25, 0.3) is 0 Å². The first-order chi connectivity index (χ1) is 18.3. The summed E-state index contributed by atoms with van der Waals surface area (Å²) in [4.78, 5) is 19.0. The van der Waals surface area contributed by atoms with Crippen LogP contribution in [0.4, 0.5) is 5.82 Å². The van der Waals surface area contributed by atoms with E-state index < -0.39 is 0 Å². The van der Waals surface area contributed by atoms with Crippen LogP contribution in [0.2, 0.25) is 0 Å². The molecular formula is C32H29N5. The van der Waals surface area contributed by atoms with Crippen LogP contribution in [0.25, 0.3) is 32.3 Å². The lowest BCUT2D eigenvalue weighted by Gasteiger charge is -2.27. The highest BCUT2D eigenvalue weighted by molar-refractivity contribution is 5.92.